The van der Waals surface area contributed by atoms with Gasteiger partial charge in [-0.15, -0.1) is 10.2 Å². The highest BCUT2D eigenvalue weighted by Gasteiger charge is 2.34. The first-order valence-corrected chi connectivity index (χ1v) is 13.9. The van der Waals surface area contributed by atoms with E-state index in [0.29, 0.717) is 5.75 Å². The van der Waals surface area contributed by atoms with Crippen LogP contribution < -0.4 is 9.04 Å². The highest BCUT2D eigenvalue weighted by atomic mass is 32.2. The van der Waals surface area contributed by atoms with Gasteiger partial charge in [-0.25, -0.2) is 8.60 Å². The van der Waals surface area contributed by atoms with Crippen molar-refractivity contribution < 1.29 is 35.0 Å². The number of aromatic nitrogens is 2. The van der Waals surface area contributed by atoms with Gasteiger partial charge in [-0.3, -0.25) is 9.08 Å². The molecule has 1 aliphatic rings. The molecule has 4 rings (SSSR count). The molecule has 10 nitrogen and oxygen atoms in total. The third-order valence-corrected chi connectivity index (χ3v) is 9.13. The highest BCUT2D eigenvalue weighted by Crippen LogP contribution is 2.30. The lowest BCUT2D eigenvalue weighted by Gasteiger charge is -2.34. The van der Waals surface area contributed by atoms with E-state index in [4.69, 9.17) is 13.9 Å². The molecule has 0 spiro atoms. The van der Waals surface area contributed by atoms with Crippen LogP contribution in [0.3, 0.4) is 0 Å². The minimum absolute atomic E-state index is 0.0139. The largest absolute Gasteiger partial charge is 0.497 e. The summed E-state index contributed by atoms with van der Waals surface area (Å²) in [5.74, 6) is -1.86. The predicted octanol–water partition coefficient (Wildman–Crippen LogP) is 3.44. The second kappa shape index (κ2) is 10.1. The molecule has 36 heavy (non-hydrogen) atoms. The second-order valence-electron chi connectivity index (χ2n) is 7.89. The van der Waals surface area contributed by atoms with E-state index in [1.165, 1.54) is 31.4 Å². The minimum Gasteiger partial charge on any atom is -0.497 e. The van der Waals surface area contributed by atoms with E-state index in [0.717, 1.165) is 14.7 Å². The van der Waals surface area contributed by atoms with Gasteiger partial charge < -0.3 is 9.15 Å². The quantitative estimate of drug-likeness (QED) is 0.459. The molecule has 0 unspecified atom stereocenters. The number of alkyl halides is 2. The molecule has 0 atom stereocenters. The first kappa shape index (κ1) is 25.9. The lowest BCUT2D eigenvalue weighted by Crippen LogP contribution is -2.50. The van der Waals surface area contributed by atoms with Crippen LogP contribution in [0.1, 0.15) is 17.9 Å². The van der Waals surface area contributed by atoms with Gasteiger partial charge in [0.15, 0.2) is 0 Å². The van der Waals surface area contributed by atoms with Gasteiger partial charge in [-0.2, -0.15) is 21.5 Å². The second-order valence-corrected chi connectivity index (χ2v) is 12.2. The van der Waals surface area contributed by atoms with Gasteiger partial charge in [0.05, 0.1) is 19.3 Å². The Labute approximate surface area is 205 Å². The molecule has 0 amide bonds. The SMILES string of the molecule is COc1cccc(N(Cc2ccc(-c3nnc(C(F)F)o3)cc2F)S(=O)(=O)N2CCS(=N)(=O)CC2)c1. The van der Waals surface area contributed by atoms with E-state index in [1.807, 2.05) is 0 Å². The summed E-state index contributed by atoms with van der Waals surface area (Å²) < 4.78 is 99.7. The molecule has 1 fully saturated rings. The number of hydrogen-bond acceptors (Lipinski definition) is 8. The minimum atomic E-state index is -4.22. The van der Waals surface area contributed by atoms with E-state index in [1.54, 1.807) is 12.1 Å². The van der Waals surface area contributed by atoms with Crippen molar-refractivity contribution in [2.75, 3.05) is 36.0 Å². The van der Waals surface area contributed by atoms with Crippen molar-refractivity contribution in [3.63, 3.8) is 0 Å². The Balaban J connectivity index is 1.68. The van der Waals surface area contributed by atoms with Crippen molar-refractivity contribution in [3.05, 3.63) is 59.7 Å². The zero-order chi connectivity index (χ0) is 26.1. The van der Waals surface area contributed by atoms with Crippen LogP contribution >= 0.6 is 0 Å². The summed E-state index contributed by atoms with van der Waals surface area (Å²) in [5, 5.41) is 6.70. The topological polar surface area (TPSA) is 130 Å². The lowest BCUT2D eigenvalue weighted by molar-refractivity contribution is 0.116. The molecule has 0 radical (unpaired) electrons. The van der Waals surface area contributed by atoms with Crippen LogP contribution in [0.25, 0.3) is 11.5 Å². The van der Waals surface area contributed by atoms with Crippen LogP contribution in [0.15, 0.2) is 46.9 Å². The lowest BCUT2D eigenvalue weighted by atomic mass is 10.1. The van der Waals surface area contributed by atoms with Gasteiger partial charge in [0.1, 0.15) is 11.6 Å². The zero-order valence-corrected chi connectivity index (χ0v) is 20.6. The fourth-order valence-corrected chi connectivity index (χ4v) is 6.63. The Morgan fingerprint density at radius 1 is 1.19 bits per heavy atom. The molecule has 0 saturated carbocycles. The fraction of sp³-hybridized carbons (Fsp3) is 0.333. The summed E-state index contributed by atoms with van der Waals surface area (Å²) in [6.07, 6.45) is -2.98. The van der Waals surface area contributed by atoms with Gasteiger partial charge in [-0.05, 0) is 24.3 Å². The van der Waals surface area contributed by atoms with Crippen molar-refractivity contribution in [1.29, 1.82) is 4.78 Å². The first-order valence-electron chi connectivity index (χ1n) is 10.6. The maximum absolute atomic E-state index is 15.1. The van der Waals surface area contributed by atoms with E-state index in [9.17, 15) is 21.4 Å². The number of nitrogens with one attached hydrogen (secondary N) is 1. The normalized spacial score (nSPS) is 16.2. The maximum atomic E-state index is 15.1. The monoisotopic (exact) mass is 545 g/mol. The molecule has 3 aromatic rings. The van der Waals surface area contributed by atoms with Crippen LogP contribution in [-0.4, -0.2) is 58.8 Å². The average molecular weight is 546 g/mol. The summed E-state index contributed by atoms with van der Waals surface area (Å²) in [4.78, 5) is 0. The number of ether oxygens (including phenoxy) is 1. The molecular weight excluding hydrogens is 523 g/mol. The average Bonchev–Trinajstić information content (AvgIpc) is 3.34. The highest BCUT2D eigenvalue weighted by molar-refractivity contribution is 7.93. The number of hydrogen-bond donors (Lipinski definition) is 1. The number of halogens is 3. The third kappa shape index (κ3) is 5.47. The Bertz CT molecular complexity index is 1450. The van der Waals surface area contributed by atoms with Gasteiger partial charge in [-0.1, -0.05) is 12.1 Å². The number of anilines is 1. The Morgan fingerprint density at radius 2 is 1.92 bits per heavy atom. The fourth-order valence-electron chi connectivity index (χ4n) is 3.56. The van der Waals surface area contributed by atoms with Gasteiger partial charge >= 0.3 is 16.6 Å². The van der Waals surface area contributed by atoms with Gasteiger partial charge in [0, 0.05) is 51.5 Å². The molecule has 1 saturated heterocycles. The van der Waals surface area contributed by atoms with Crippen molar-refractivity contribution in [2.45, 2.75) is 13.0 Å². The van der Waals surface area contributed by atoms with Crippen molar-refractivity contribution in [1.82, 2.24) is 14.5 Å². The summed E-state index contributed by atoms with van der Waals surface area (Å²) in [7, 11) is -5.65. The molecule has 2 heterocycles. The van der Waals surface area contributed by atoms with E-state index >= 15 is 4.39 Å². The molecular formula is C21H22F3N5O5S2. The van der Waals surface area contributed by atoms with Gasteiger partial charge in [0.25, 0.3) is 5.89 Å². The molecule has 194 valence electrons. The van der Waals surface area contributed by atoms with Crippen LogP contribution in [0.4, 0.5) is 18.9 Å². The Kier molecular flexibility index (Phi) is 7.24. The molecule has 15 heteroatoms. The maximum Gasteiger partial charge on any atom is 0.314 e. The zero-order valence-electron chi connectivity index (χ0n) is 18.9. The first-order chi connectivity index (χ1) is 17.0. The van der Waals surface area contributed by atoms with Crippen molar-refractivity contribution in [2.24, 2.45) is 0 Å². The Hall–Kier alpha value is -3.17. The molecule has 1 aromatic heterocycles. The molecule has 2 aromatic carbocycles. The summed E-state index contributed by atoms with van der Waals surface area (Å²) in [6.45, 7) is -0.646. The number of benzene rings is 2. The number of rotatable bonds is 8. The predicted molar refractivity (Wildman–Crippen MR) is 125 cm³/mol. The van der Waals surface area contributed by atoms with E-state index in [2.05, 4.69) is 10.2 Å². The summed E-state index contributed by atoms with van der Waals surface area (Å²) in [5.41, 5.74) is 0.237. The van der Waals surface area contributed by atoms with Crippen LogP contribution in [0.5, 0.6) is 5.75 Å². The van der Waals surface area contributed by atoms with Crippen LogP contribution in [0.2, 0.25) is 0 Å². The molecule has 1 N–H and O–H groups in total. The summed E-state index contributed by atoms with van der Waals surface area (Å²) in [6, 6.07) is 9.85. The van der Waals surface area contributed by atoms with Crippen molar-refractivity contribution >= 4 is 25.6 Å². The molecule has 1 aliphatic heterocycles. The molecule has 0 aliphatic carbocycles. The van der Waals surface area contributed by atoms with Gasteiger partial charge in [0.2, 0.25) is 5.89 Å². The van der Waals surface area contributed by atoms with Crippen LogP contribution in [-0.2, 0) is 26.5 Å². The smallest absolute Gasteiger partial charge is 0.314 e. The van der Waals surface area contributed by atoms with E-state index < -0.39 is 44.6 Å². The van der Waals surface area contributed by atoms with Crippen molar-refractivity contribution in [3.8, 4) is 17.2 Å². The Morgan fingerprint density at radius 3 is 2.53 bits per heavy atom. The number of nitrogens with zero attached hydrogens (tertiary/aromatic N) is 4. The standard InChI is InChI=1S/C21H22F3N5O5S2/c1-33-17-4-2-3-16(12-17)29(36(31,32)28-7-9-35(25,30)10-8-28)13-15-6-5-14(11-18(15)22)20-26-27-21(34-20)19(23)24/h2-6,11-12,19,25H,7-10,13H2,1H3. The summed E-state index contributed by atoms with van der Waals surface area (Å²) >= 11 is 0. The molecule has 0 bridgehead atoms. The van der Waals surface area contributed by atoms with E-state index in [-0.39, 0.29) is 47.3 Å². The number of methoxy groups -OCH3 is 1. The third-order valence-electron chi connectivity index (χ3n) is 5.53. The van der Waals surface area contributed by atoms with Crippen LogP contribution in [0, 0.1) is 10.6 Å².